The summed E-state index contributed by atoms with van der Waals surface area (Å²) in [7, 11) is 3.55. The quantitative estimate of drug-likeness (QED) is 0.732. The van der Waals surface area contributed by atoms with Crippen LogP contribution in [0, 0.1) is 11.8 Å². The van der Waals surface area contributed by atoms with Crippen molar-refractivity contribution >= 4 is 11.8 Å². The standard InChI is InChI=1S/C22H28N6O3/c1-26(2)22(30)20-16-9-15(17-6-3-7-19(29)28(17)20)11-27(12-16)13-18-24-21(25-31-18)14-5-4-8-23-10-14/h4-5,8,10,15-17,20H,3,6-7,9,11-13H2,1-2H3/t15-,16+,17-,20+/m0/s1. The number of hydrogen-bond acceptors (Lipinski definition) is 7. The van der Waals surface area contributed by atoms with Crippen molar-refractivity contribution in [2.75, 3.05) is 27.2 Å². The van der Waals surface area contributed by atoms with Gasteiger partial charge in [0.2, 0.25) is 23.5 Å². The number of carbonyl (C=O) groups excluding carboxylic acids is 2. The van der Waals surface area contributed by atoms with Gasteiger partial charge >= 0.3 is 0 Å². The Balaban J connectivity index is 1.36. The summed E-state index contributed by atoms with van der Waals surface area (Å²) in [6.45, 7) is 2.16. The number of aromatic nitrogens is 3. The highest BCUT2D eigenvalue weighted by molar-refractivity contribution is 5.88. The second-order valence-electron chi connectivity index (χ2n) is 9.14. The lowest BCUT2D eigenvalue weighted by Crippen LogP contribution is -2.68. The molecule has 3 saturated heterocycles. The maximum Gasteiger partial charge on any atom is 0.245 e. The number of piperidine rings is 3. The van der Waals surface area contributed by atoms with Gasteiger partial charge in [-0.2, -0.15) is 4.98 Å². The molecular weight excluding hydrogens is 396 g/mol. The van der Waals surface area contributed by atoms with Crippen molar-refractivity contribution in [2.24, 2.45) is 11.8 Å². The molecule has 3 fully saturated rings. The Labute approximate surface area is 181 Å². The van der Waals surface area contributed by atoms with Crippen LogP contribution in [0.25, 0.3) is 11.4 Å². The van der Waals surface area contributed by atoms with Crippen molar-refractivity contribution < 1.29 is 14.1 Å². The SMILES string of the molecule is CN(C)C(=O)[C@H]1[C@@H]2C[C@@H](CN(Cc3nc(-c4cccnc4)no3)C2)[C@@H]2CCCC(=O)N21. The summed E-state index contributed by atoms with van der Waals surface area (Å²) in [5, 5.41) is 4.10. The minimum atomic E-state index is -0.375. The van der Waals surface area contributed by atoms with E-state index in [-0.39, 0.29) is 29.8 Å². The maximum absolute atomic E-state index is 13.1. The fourth-order valence-corrected chi connectivity index (χ4v) is 5.59. The first-order valence-electron chi connectivity index (χ1n) is 11.0. The summed E-state index contributed by atoms with van der Waals surface area (Å²) in [4.78, 5) is 40.4. The van der Waals surface area contributed by atoms with Gasteiger partial charge in [0.15, 0.2) is 0 Å². The van der Waals surface area contributed by atoms with Crippen LogP contribution in [0.1, 0.15) is 31.6 Å². The molecule has 0 radical (unpaired) electrons. The molecule has 31 heavy (non-hydrogen) atoms. The zero-order chi connectivity index (χ0) is 21.5. The fraction of sp³-hybridized carbons (Fsp3) is 0.591. The molecule has 3 aliphatic rings. The molecule has 5 heterocycles. The maximum atomic E-state index is 13.1. The molecule has 0 aliphatic carbocycles. The first-order chi connectivity index (χ1) is 15.0. The predicted molar refractivity (Wildman–Crippen MR) is 111 cm³/mol. The van der Waals surface area contributed by atoms with E-state index < -0.39 is 0 Å². The molecule has 4 atom stereocenters. The van der Waals surface area contributed by atoms with Crippen molar-refractivity contribution in [2.45, 2.75) is 44.3 Å². The van der Waals surface area contributed by atoms with Crippen molar-refractivity contribution in [3.05, 3.63) is 30.4 Å². The van der Waals surface area contributed by atoms with Crippen LogP contribution in [-0.4, -0.2) is 80.9 Å². The lowest BCUT2D eigenvalue weighted by atomic mass is 9.71. The molecule has 0 saturated carbocycles. The van der Waals surface area contributed by atoms with E-state index >= 15 is 0 Å². The topological polar surface area (TPSA) is 95.7 Å². The second-order valence-corrected chi connectivity index (χ2v) is 9.14. The Kier molecular flexibility index (Phi) is 5.21. The molecular formula is C22H28N6O3. The van der Waals surface area contributed by atoms with E-state index in [9.17, 15) is 9.59 Å². The highest BCUT2D eigenvalue weighted by Crippen LogP contribution is 2.42. The molecule has 9 heteroatoms. The number of fused-ring (bicyclic) bond motifs is 4. The van der Waals surface area contributed by atoms with E-state index in [0.29, 0.717) is 30.6 Å². The zero-order valence-corrected chi connectivity index (χ0v) is 18.0. The molecule has 2 amide bonds. The van der Waals surface area contributed by atoms with Crippen molar-refractivity contribution in [3.8, 4) is 11.4 Å². The van der Waals surface area contributed by atoms with Gasteiger partial charge in [0.25, 0.3) is 0 Å². The van der Waals surface area contributed by atoms with Crippen LogP contribution in [0.5, 0.6) is 0 Å². The van der Waals surface area contributed by atoms with Gasteiger partial charge in [-0.3, -0.25) is 19.5 Å². The summed E-state index contributed by atoms with van der Waals surface area (Å²) >= 11 is 0. The Hall–Kier alpha value is -2.81. The molecule has 0 unspecified atom stereocenters. The predicted octanol–water partition coefficient (Wildman–Crippen LogP) is 1.42. The van der Waals surface area contributed by atoms with Crippen LogP contribution in [0.2, 0.25) is 0 Å². The van der Waals surface area contributed by atoms with Crippen LogP contribution in [-0.2, 0) is 16.1 Å². The molecule has 2 bridgehead atoms. The van der Waals surface area contributed by atoms with Crippen LogP contribution in [0.3, 0.4) is 0 Å². The molecule has 2 aromatic rings. The summed E-state index contributed by atoms with van der Waals surface area (Å²) in [5.41, 5.74) is 0.820. The largest absolute Gasteiger partial charge is 0.347 e. The number of carbonyl (C=O) groups is 2. The first-order valence-corrected chi connectivity index (χ1v) is 11.0. The van der Waals surface area contributed by atoms with E-state index in [1.807, 2.05) is 17.0 Å². The van der Waals surface area contributed by atoms with Gasteiger partial charge < -0.3 is 14.3 Å². The third-order valence-electron chi connectivity index (χ3n) is 6.86. The highest BCUT2D eigenvalue weighted by Gasteiger charge is 2.52. The smallest absolute Gasteiger partial charge is 0.245 e. The number of likely N-dealkylation sites (tertiary alicyclic amines) is 1. The molecule has 9 nitrogen and oxygen atoms in total. The highest BCUT2D eigenvalue weighted by atomic mass is 16.5. The average molecular weight is 425 g/mol. The Morgan fingerprint density at radius 3 is 2.90 bits per heavy atom. The Bertz CT molecular complexity index is 961. The number of amides is 2. The minimum Gasteiger partial charge on any atom is -0.347 e. The molecule has 164 valence electrons. The monoisotopic (exact) mass is 424 g/mol. The number of nitrogens with zero attached hydrogens (tertiary/aromatic N) is 6. The summed E-state index contributed by atoms with van der Waals surface area (Å²) in [5.74, 6) is 1.75. The van der Waals surface area contributed by atoms with Crippen molar-refractivity contribution in [3.63, 3.8) is 0 Å². The Morgan fingerprint density at radius 1 is 1.29 bits per heavy atom. The van der Waals surface area contributed by atoms with Crippen LogP contribution in [0.4, 0.5) is 0 Å². The van der Waals surface area contributed by atoms with Crippen molar-refractivity contribution in [1.29, 1.82) is 0 Å². The van der Waals surface area contributed by atoms with E-state index in [1.165, 1.54) is 0 Å². The number of rotatable bonds is 4. The van der Waals surface area contributed by atoms with Gasteiger partial charge in [0, 0.05) is 63.5 Å². The first kappa shape index (κ1) is 20.1. The molecule has 0 spiro atoms. The molecule has 5 rings (SSSR count). The van der Waals surface area contributed by atoms with Gasteiger partial charge in [-0.05, 0) is 37.3 Å². The van der Waals surface area contributed by atoms with E-state index in [4.69, 9.17) is 4.52 Å². The molecule has 0 N–H and O–H groups in total. The van der Waals surface area contributed by atoms with Crippen molar-refractivity contribution in [1.82, 2.24) is 29.8 Å². The van der Waals surface area contributed by atoms with Gasteiger partial charge in [-0.1, -0.05) is 5.16 Å². The minimum absolute atomic E-state index is 0.0298. The van der Waals surface area contributed by atoms with Crippen LogP contribution >= 0.6 is 0 Å². The average Bonchev–Trinajstić information content (AvgIpc) is 3.23. The number of pyridine rings is 1. The lowest BCUT2D eigenvalue weighted by molar-refractivity contribution is -0.164. The number of hydrogen-bond donors (Lipinski definition) is 0. The van der Waals surface area contributed by atoms with Gasteiger partial charge in [0.1, 0.15) is 6.04 Å². The molecule has 2 aromatic heterocycles. The summed E-state index contributed by atoms with van der Waals surface area (Å²) in [6.07, 6.45) is 6.84. The normalized spacial score (nSPS) is 28.3. The second kappa shape index (κ2) is 8.03. The van der Waals surface area contributed by atoms with Gasteiger partial charge in [0.05, 0.1) is 6.54 Å². The Morgan fingerprint density at radius 2 is 2.13 bits per heavy atom. The van der Waals surface area contributed by atoms with E-state index in [2.05, 4.69) is 20.0 Å². The van der Waals surface area contributed by atoms with Crippen LogP contribution < -0.4 is 0 Å². The lowest BCUT2D eigenvalue weighted by Gasteiger charge is -2.56. The van der Waals surface area contributed by atoms with Crippen LogP contribution in [0.15, 0.2) is 29.0 Å². The van der Waals surface area contributed by atoms with Gasteiger partial charge in [-0.25, -0.2) is 0 Å². The molecule has 0 aromatic carbocycles. The van der Waals surface area contributed by atoms with E-state index in [1.54, 1.807) is 31.4 Å². The fourth-order valence-electron chi connectivity index (χ4n) is 5.59. The van der Waals surface area contributed by atoms with E-state index in [0.717, 1.165) is 37.9 Å². The zero-order valence-electron chi connectivity index (χ0n) is 18.0. The number of likely N-dealkylation sites (N-methyl/N-ethyl adjacent to an activating group) is 1. The summed E-state index contributed by atoms with van der Waals surface area (Å²) in [6, 6.07) is 3.51. The third kappa shape index (κ3) is 3.71. The summed E-state index contributed by atoms with van der Waals surface area (Å²) < 4.78 is 5.51. The molecule has 3 aliphatic heterocycles. The van der Waals surface area contributed by atoms with Gasteiger partial charge in [-0.15, -0.1) is 0 Å². The third-order valence-corrected chi connectivity index (χ3v) is 6.86.